The van der Waals surface area contributed by atoms with Crippen molar-refractivity contribution in [2.45, 2.75) is 43.0 Å². The van der Waals surface area contributed by atoms with Crippen LogP contribution in [-0.2, 0) is 14.8 Å². The molecule has 1 aromatic rings. The summed E-state index contributed by atoms with van der Waals surface area (Å²) in [4.78, 5) is 16.0. The zero-order chi connectivity index (χ0) is 14.2. The monoisotopic (exact) mass is 294 g/mol. The highest BCUT2D eigenvalue weighted by atomic mass is 32.2. The third-order valence-corrected chi connectivity index (χ3v) is 6.21. The number of sulfonamides is 1. The summed E-state index contributed by atoms with van der Waals surface area (Å²) in [6, 6.07) is 3.03. The van der Waals surface area contributed by atoms with Gasteiger partial charge in [-0.05, 0) is 37.8 Å². The highest BCUT2D eigenvalue weighted by molar-refractivity contribution is 7.89. The fourth-order valence-electron chi connectivity index (χ4n) is 3.35. The first-order chi connectivity index (χ1) is 9.60. The lowest BCUT2D eigenvalue weighted by atomic mass is 9.96. The third kappa shape index (κ3) is 2.27. The van der Waals surface area contributed by atoms with Crippen LogP contribution in [0.15, 0.2) is 29.4 Å². The van der Waals surface area contributed by atoms with Gasteiger partial charge in [0.1, 0.15) is 10.7 Å². The molecule has 6 heteroatoms. The van der Waals surface area contributed by atoms with Gasteiger partial charge in [0, 0.05) is 37.3 Å². The van der Waals surface area contributed by atoms with Crippen LogP contribution in [0, 0.1) is 5.92 Å². The molecule has 1 saturated carbocycles. The molecule has 2 atom stereocenters. The first-order valence-corrected chi connectivity index (χ1v) is 8.49. The minimum Gasteiger partial charge on any atom is -0.299 e. The number of aromatic nitrogens is 1. The topological polar surface area (TPSA) is 67.3 Å². The van der Waals surface area contributed by atoms with E-state index in [-0.39, 0.29) is 22.6 Å². The Kier molecular flexibility index (Phi) is 3.60. The van der Waals surface area contributed by atoms with Crippen molar-refractivity contribution in [3.8, 4) is 0 Å². The van der Waals surface area contributed by atoms with Gasteiger partial charge in [-0.1, -0.05) is 0 Å². The van der Waals surface area contributed by atoms with E-state index in [2.05, 4.69) is 4.98 Å². The van der Waals surface area contributed by atoms with E-state index < -0.39 is 10.0 Å². The average molecular weight is 294 g/mol. The molecule has 1 aliphatic carbocycles. The molecule has 0 radical (unpaired) electrons. The van der Waals surface area contributed by atoms with Crippen LogP contribution in [0.1, 0.15) is 32.1 Å². The number of ketones is 1. The second kappa shape index (κ2) is 5.26. The Labute approximate surface area is 119 Å². The van der Waals surface area contributed by atoms with Crippen LogP contribution >= 0.6 is 0 Å². The quantitative estimate of drug-likeness (QED) is 0.849. The lowest BCUT2D eigenvalue weighted by Gasteiger charge is -2.27. The molecule has 1 aliphatic heterocycles. The van der Waals surface area contributed by atoms with E-state index in [0.717, 1.165) is 25.7 Å². The largest absolute Gasteiger partial charge is 0.299 e. The van der Waals surface area contributed by atoms with Crippen LogP contribution in [-0.4, -0.2) is 36.1 Å². The van der Waals surface area contributed by atoms with Crippen molar-refractivity contribution < 1.29 is 13.2 Å². The summed E-state index contributed by atoms with van der Waals surface area (Å²) in [5, 5.41) is 0. The standard InChI is InChI=1S/C14H18N2O3S/c17-14-7-1-5-12(14)13-6-3-9-16(13)20(18,19)11-4-2-8-15-10-11/h2,4,8,10,12-13H,1,3,5-7,9H2. The van der Waals surface area contributed by atoms with Gasteiger partial charge in [-0.3, -0.25) is 9.78 Å². The molecule has 2 unspecified atom stereocenters. The summed E-state index contributed by atoms with van der Waals surface area (Å²) < 4.78 is 26.9. The Morgan fingerprint density at radius 2 is 2.10 bits per heavy atom. The maximum atomic E-state index is 12.7. The Morgan fingerprint density at radius 3 is 2.75 bits per heavy atom. The molecular weight excluding hydrogens is 276 g/mol. The predicted molar refractivity (Wildman–Crippen MR) is 73.5 cm³/mol. The first-order valence-electron chi connectivity index (χ1n) is 7.05. The number of rotatable bonds is 3. The Bertz CT molecular complexity index is 600. The van der Waals surface area contributed by atoms with E-state index in [9.17, 15) is 13.2 Å². The highest BCUT2D eigenvalue weighted by Gasteiger charge is 2.43. The molecule has 0 bridgehead atoms. The number of carbonyl (C=O) groups excluding carboxylic acids is 1. The van der Waals surface area contributed by atoms with Gasteiger partial charge >= 0.3 is 0 Å². The van der Waals surface area contributed by atoms with Crippen molar-refractivity contribution >= 4 is 15.8 Å². The predicted octanol–water partition coefficient (Wildman–Crippen LogP) is 1.60. The van der Waals surface area contributed by atoms with Crippen molar-refractivity contribution in [2.75, 3.05) is 6.54 Å². The summed E-state index contributed by atoms with van der Waals surface area (Å²) in [7, 11) is -3.53. The second-order valence-electron chi connectivity index (χ2n) is 5.48. The maximum Gasteiger partial charge on any atom is 0.244 e. The molecule has 0 aromatic carbocycles. The summed E-state index contributed by atoms with van der Waals surface area (Å²) in [5.74, 6) is 0.118. The van der Waals surface area contributed by atoms with Crippen LogP contribution in [0.2, 0.25) is 0 Å². The van der Waals surface area contributed by atoms with Gasteiger partial charge in [-0.25, -0.2) is 8.42 Å². The number of hydrogen-bond acceptors (Lipinski definition) is 4. The average Bonchev–Trinajstić information content (AvgIpc) is 3.08. The minimum atomic E-state index is -3.53. The molecule has 1 aromatic heterocycles. The summed E-state index contributed by atoms with van der Waals surface area (Å²) in [5.41, 5.74) is 0. The van der Waals surface area contributed by atoms with E-state index in [4.69, 9.17) is 0 Å². The van der Waals surface area contributed by atoms with Gasteiger partial charge in [0.05, 0.1) is 0 Å². The summed E-state index contributed by atoms with van der Waals surface area (Å²) in [6.07, 6.45) is 6.86. The van der Waals surface area contributed by atoms with Gasteiger partial charge in [0.15, 0.2) is 0 Å². The molecule has 2 fully saturated rings. The van der Waals surface area contributed by atoms with Crippen LogP contribution < -0.4 is 0 Å². The van der Waals surface area contributed by atoms with Crippen molar-refractivity contribution in [3.05, 3.63) is 24.5 Å². The van der Waals surface area contributed by atoms with Gasteiger partial charge in [-0.2, -0.15) is 4.31 Å². The van der Waals surface area contributed by atoms with E-state index in [0.29, 0.717) is 13.0 Å². The SMILES string of the molecule is O=C1CCCC1C1CCCN1S(=O)(=O)c1cccnc1. The van der Waals surface area contributed by atoms with Crippen molar-refractivity contribution in [1.82, 2.24) is 9.29 Å². The normalized spacial score (nSPS) is 28.1. The number of pyridine rings is 1. The van der Waals surface area contributed by atoms with E-state index in [1.54, 1.807) is 18.3 Å². The van der Waals surface area contributed by atoms with Crippen molar-refractivity contribution in [1.29, 1.82) is 0 Å². The minimum absolute atomic E-state index is 0.107. The number of hydrogen-bond donors (Lipinski definition) is 0. The zero-order valence-electron chi connectivity index (χ0n) is 11.2. The summed E-state index contributed by atoms with van der Waals surface area (Å²) >= 11 is 0. The van der Waals surface area contributed by atoms with Crippen molar-refractivity contribution in [2.24, 2.45) is 5.92 Å². The van der Waals surface area contributed by atoms with Crippen LogP contribution in [0.3, 0.4) is 0 Å². The Balaban J connectivity index is 1.90. The molecule has 2 aliphatic rings. The van der Waals surface area contributed by atoms with Gasteiger partial charge in [-0.15, -0.1) is 0 Å². The van der Waals surface area contributed by atoms with Crippen LogP contribution in [0.25, 0.3) is 0 Å². The fourth-order valence-corrected chi connectivity index (χ4v) is 5.04. The highest BCUT2D eigenvalue weighted by Crippen LogP contribution is 2.36. The first kappa shape index (κ1) is 13.7. The zero-order valence-corrected chi connectivity index (χ0v) is 12.1. The number of carbonyl (C=O) groups is 1. The van der Waals surface area contributed by atoms with Gasteiger partial charge in [0.2, 0.25) is 10.0 Å². The fraction of sp³-hybridized carbons (Fsp3) is 0.571. The lowest BCUT2D eigenvalue weighted by molar-refractivity contribution is -0.121. The van der Waals surface area contributed by atoms with E-state index in [1.807, 2.05) is 0 Å². The molecule has 20 heavy (non-hydrogen) atoms. The van der Waals surface area contributed by atoms with Crippen molar-refractivity contribution in [3.63, 3.8) is 0 Å². The molecule has 1 saturated heterocycles. The molecule has 2 heterocycles. The molecule has 0 amide bonds. The Hall–Kier alpha value is -1.27. The van der Waals surface area contributed by atoms with E-state index in [1.165, 1.54) is 10.5 Å². The maximum absolute atomic E-state index is 12.7. The molecule has 0 spiro atoms. The van der Waals surface area contributed by atoms with Crippen LogP contribution in [0.5, 0.6) is 0 Å². The smallest absolute Gasteiger partial charge is 0.244 e. The van der Waals surface area contributed by atoms with E-state index >= 15 is 0 Å². The molecular formula is C14H18N2O3S. The second-order valence-corrected chi connectivity index (χ2v) is 7.37. The molecule has 108 valence electrons. The lowest BCUT2D eigenvalue weighted by Crippen LogP contribution is -2.41. The van der Waals surface area contributed by atoms with Gasteiger partial charge in [0.25, 0.3) is 0 Å². The molecule has 5 nitrogen and oxygen atoms in total. The van der Waals surface area contributed by atoms with Crippen LogP contribution in [0.4, 0.5) is 0 Å². The summed E-state index contributed by atoms with van der Waals surface area (Å²) in [6.45, 7) is 0.506. The third-order valence-electron chi connectivity index (χ3n) is 4.31. The van der Waals surface area contributed by atoms with Gasteiger partial charge < -0.3 is 0 Å². The Morgan fingerprint density at radius 1 is 1.25 bits per heavy atom. The molecule has 0 N–H and O–H groups in total. The number of Topliss-reactive ketones (excluding diaryl/α,β-unsaturated/α-hetero) is 1. The number of nitrogens with zero attached hydrogens (tertiary/aromatic N) is 2. The molecule has 3 rings (SSSR count).